The van der Waals surface area contributed by atoms with Crippen LogP contribution in [0.1, 0.15) is 16.1 Å². The molecule has 0 atom stereocenters. The molecule has 0 unspecified atom stereocenters. The zero-order chi connectivity index (χ0) is 14.9. The van der Waals surface area contributed by atoms with E-state index in [1.54, 1.807) is 6.92 Å². The van der Waals surface area contributed by atoms with Gasteiger partial charge in [0.2, 0.25) is 0 Å². The maximum Gasteiger partial charge on any atom is 0.356 e. The first-order chi connectivity index (χ1) is 9.31. The van der Waals surface area contributed by atoms with E-state index in [4.69, 9.17) is 5.11 Å². The van der Waals surface area contributed by atoms with Gasteiger partial charge in [0.25, 0.3) is 10.0 Å². The van der Waals surface area contributed by atoms with E-state index in [0.717, 1.165) is 16.9 Å². The number of nitrogens with one attached hydrogen (secondary N) is 1. The molecule has 0 radical (unpaired) electrons. The van der Waals surface area contributed by atoms with Gasteiger partial charge < -0.3 is 5.11 Å². The van der Waals surface area contributed by atoms with Crippen molar-refractivity contribution in [3.63, 3.8) is 0 Å². The number of hydrogen-bond donors (Lipinski definition) is 2. The second-order valence-corrected chi connectivity index (χ2v) is 8.11. The van der Waals surface area contributed by atoms with E-state index in [9.17, 15) is 13.2 Å². The van der Waals surface area contributed by atoms with Crippen LogP contribution in [0.4, 0.5) is 5.69 Å². The molecular weight excluding hydrogens is 368 g/mol. The van der Waals surface area contributed by atoms with E-state index in [2.05, 4.69) is 25.6 Å². The molecule has 2 heterocycles. The van der Waals surface area contributed by atoms with E-state index in [1.807, 2.05) is 0 Å². The first kappa shape index (κ1) is 14.9. The molecule has 0 saturated carbocycles. The monoisotopic (exact) mass is 376 g/mol. The average Bonchev–Trinajstić information content (AvgIpc) is 2.70. The molecule has 9 heteroatoms. The van der Waals surface area contributed by atoms with Gasteiger partial charge in [0.05, 0.1) is 9.47 Å². The minimum atomic E-state index is -3.84. The Morgan fingerprint density at radius 3 is 2.75 bits per heavy atom. The molecule has 2 aromatic heterocycles. The largest absolute Gasteiger partial charge is 0.476 e. The standard InChI is InChI=1S/C11H9BrN2O4S2/c1-6-5-8(19-10(6)12)20(17,18)14-7-3-2-4-13-9(7)11(15)16/h2-5,14H,1H3,(H,15,16). The van der Waals surface area contributed by atoms with E-state index in [0.29, 0.717) is 3.79 Å². The molecule has 0 aliphatic heterocycles. The summed E-state index contributed by atoms with van der Waals surface area (Å²) in [5.74, 6) is -1.30. The van der Waals surface area contributed by atoms with E-state index >= 15 is 0 Å². The highest BCUT2D eigenvalue weighted by molar-refractivity contribution is 9.11. The minimum absolute atomic E-state index is 0.0674. The van der Waals surface area contributed by atoms with Crippen molar-refractivity contribution in [2.24, 2.45) is 0 Å². The third-order valence-electron chi connectivity index (χ3n) is 2.35. The first-order valence-electron chi connectivity index (χ1n) is 5.28. The maximum atomic E-state index is 12.2. The molecule has 0 aromatic carbocycles. The Kier molecular flexibility index (Phi) is 4.11. The van der Waals surface area contributed by atoms with Crippen LogP contribution in [0, 0.1) is 6.92 Å². The van der Waals surface area contributed by atoms with E-state index in [1.165, 1.54) is 24.4 Å². The summed E-state index contributed by atoms with van der Waals surface area (Å²) in [5.41, 5.74) is 0.380. The third-order valence-corrected chi connectivity index (χ3v) is 6.33. The summed E-state index contributed by atoms with van der Waals surface area (Å²) in [6, 6.07) is 4.32. The molecule has 0 amide bonds. The number of rotatable bonds is 4. The van der Waals surface area contributed by atoms with Crippen molar-refractivity contribution in [1.82, 2.24) is 4.98 Å². The zero-order valence-electron chi connectivity index (χ0n) is 10.1. The minimum Gasteiger partial charge on any atom is -0.476 e. The van der Waals surface area contributed by atoms with Gasteiger partial charge in [-0.3, -0.25) is 4.72 Å². The maximum absolute atomic E-state index is 12.2. The second kappa shape index (κ2) is 5.51. The van der Waals surface area contributed by atoms with Gasteiger partial charge in [-0.05, 0) is 46.6 Å². The highest BCUT2D eigenvalue weighted by Gasteiger charge is 2.21. The van der Waals surface area contributed by atoms with Crippen molar-refractivity contribution in [1.29, 1.82) is 0 Å². The molecule has 6 nitrogen and oxygen atoms in total. The summed E-state index contributed by atoms with van der Waals surface area (Å²) < 4.78 is 27.5. The zero-order valence-corrected chi connectivity index (χ0v) is 13.3. The van der Waals surface area contributed by atoms with Crippen LogP contribution in [0.25, 0.3) is 0 Å². The van der Waals surface area contributed by atoms with Crippen LogP contribution >= 0.6 is 27.3 Å². The lowest BCUT2D eigenvalue weighted by molar-refractivity contribution is 0.0692. The fourth-order valence-electron chi connectivity index (χ4n) is 1.42. The van der Waals surface area contributed by atoms with Crippen LogP contribution in [0.3, 0.4) is 0 Å². The summed E-state index contributed by atoms with van der Waals surface area (Å²) in [5, 5.41) is 8.98. The Morgan fingerprint density at radius 1 is 1.50 bits per heavy atom. The quantitative estimate of drug-likeness (QED) is 0.854. The van der Waals surface area contributed by atoms with Crippen LogP contribution in [0.2, 0.25) is 0 Å². The number of hydrogen-bond acceptors (Lipinski definition) is 5. The fourth-order valence-corrected chi connectivity index (χ4v) is 4.71. The number of pyridine rings is 1. The third kappa shape index (κ3) is 3.00. The number of carboxylic acid groups (broad SMARTS) is 1. The van der Waals surface area contributed by atoms with Crippen molar-refractivity contribution < 1.29 is 18.3 Å². The van der Waals surface area contributed by atoms with Crippen molar-refractivity contribution in [3.8, 4) is 0 Å². The summed E-state index contributed by atoms with van der Waals surface area (Å²) in [4.78, 5) is 14.6. The molecule has 0 bridgehead atoms. The Hall–Kier alpha value is -1.45. The number of anilines is 1. The fraction of sp³-hybridized carbons (Fsp3) is 0.0909. The summed E-state index contributed by atoms with van der Waals surface area (Å²) in [7, 11) is -3.84. The summed E-state index contributed by atoms with van der Waals surface area (Å²) >= 11 is 4.30. The molecule has 0 saturated heterocycles. The molecule has 2 aromatic rings. The summed E-state index contributed by atoms with van der Waals surface area (Å²) in [6.45, 7) is 1.77. The molecule has 0 spiro atoms. The Morgan fingerprint density at radius 2 is 2.20 bits per heavy atom. The Balaban J connectivity index is 2.41. The van der Waals surface area contributed by atoms with E-state index < -0.39 is 16.0 Å². The van der Waals surface area contributed by atoms with Gasteiger partial charge in [-0.15, -0.1) is 11.3 Å². The highest BCUT2D eigenvalue weighted by atomic mass is 79.9. The molecule has 0 aliphatic carbocycles. The predicted molar refractivity (Wildman–Crippen MR) is 78.8 cm³/mol. The van der Waals surface area contributed by atoms with Gasteiger partial charge in [0, 0.05) is 6.20 Å². The predicted octanol–water partition coefficient (Wildman–Crippen LogP) is 2.71. The van der Waals surface area contributed by atoms with Gasteiger partial charge in [0.15, 0.2) is 5.69 Å². The lowest BCUT2D eigenvalue weighted by Crippen LogP contribution is -2.15. The molecule has 0 fully saturated rings. The molecule has 0 aliphatic rings. The van der Waals surface area contributed by atoms with Crippen LogP contribution in [-0.2, 0) is 10.0 Å². The van der Waals surface area contributed by atoms with Gasteiger partial charge in [-0.2, -0.15) is 0 Å². The van der Waals surface area contributed by atoms with Gasteiger partial charge in [-0.25, -0.2) is 18.2 Å². The van der Waals surface area contributed by atoms with Gasteiger partial charge in [0.1, 0.15) is 4.21 Å². The van der Waals surface area contributed by atoms with Gasteiger partial charge in [-0.1, -0.05) is 0 Å². The number of carbonyl (C=O) groups is 1. The number of aromatic carboxylic acids is 1. The van der Waals surface area contributed by atoms with E-state index in [-0.39, 0.29) is 15.6 Å². The number of aryl methyl sites for hydroxylation is 1. The smallest absolute Gasteiger partial charge is 0.356 e. The van der Waals surface area contributed by atoms with Crippen molar-refractivity contribution in [2.75, 3.05) is 4.72 Å². The SMILES string of the molecule is Cc1cc(S(=O)(=O)Nc2cccnc2C(=O)O)sc1Br. The highest BCUT2D eigenvalue weighted by Crippen LogP contribution is 2.31. The number of halogens is 1. The lowest BCUT2D eigenvalue weighted by atomic mass is 10.3. The van der Waals surface area contributed by atoms with Crippen molar-refractivity contribution in [3.05, 3.63) is 39.4 Å². The molecular formula is C11H9BrN2O4S2. The number of thiophene rings is 1. The van der Waals surface area contributed by atoms with Crippen molar-refractivity contribution in [2.45, 2.75) is 11.1 Å². The van der Waals surface area contributed by atoms with Gasteiger partial charge >= 0.3 is 5.97 Å². The van der Waals surface area contributed by atoms with Crippen molar-refractivity contribution >= 4 is 48.9 Å². The number of nitrogens with zero attached hydrogens (tertiary/aromatic N) is 1. The second-order valence-electron chi connectivity index (χ2n) is 3.83. The molecule has 106 valence electrons. The Labute approximate surface area is 127 Å². The molecule has 2 N–H and O–H groups in total. The molecule has 2 rings (SSSR count). The number of carboxylic acids is 1. The molecule has 20 heavy (non-hydrogen) atoms. The lowest BCUT2D eigenvalue weighted by Gasteiger charge is -2.07. The van der Waals surface area contributed by atoms with Crippen LogP contribution in [0.5, 0.6) is 0 Å². The topological polar surface area (TPSA) is 96.4 Å². The first-order valence-corrected chi connectivity index (χ1v) is 8.37. The number of sulfonamides is 1. The summed E-state index contributed by atoms with van der Waals surface area (Å²) in [6.07, 6.45) is 1.28. The average molecular weight is 377 g/mol. The van der Waals surface area contributed by atoms with Crippen LogP contribution < -0.4 is 4.72 Å². The van der Waals surface area contributed by atoms with Crippen LogP contribution in [-0.4, -0.2) is 24.5 Å². The normalized spacial score (nSPS) is 11.3. The Bertz CT molecular complexity index is 751. The van der Waals surface area contributed by atoms with Crippen LogP contribution in [0.15, 0.2) is 32.4 Å². The number of aromatic nitrogens is 1.